The fourth-order valence-corrected chi connectivity index (χ4v) is 4.56. The average Bonchev–Trinajstić information content (AvgIpc) is 3.39. The molecule has 1 aromatic heterocycles. The maximum absolute atomic E-state index is 10.7. The highest BCUT2D eigenvalue weighted by Crippen LogP contribution is 2.27. The Hall–Kier alpha value is -2.51. The first-order chi connectivity index (χ1) is 14.8. The van der Waals surface area contributed by atoms with Gasteiger partial charge in [0.2, 0.25) is 0 Å². The molecule has 0 unspecified atom stereocenters. The van der Waals surface area contributed by atoms with Gasteiger partial charge in [-0.2, -0.15) is 5.10 Å². The molecule has 2 aromatic carbocycles. The summed E-state index contributed by atoms with van der Waals surface area (Å²) in [7, 11) is 0. The van der Waals surface area contributed by atoms with E-state index in [1.165, 1.54) is 5.56 Å². The number of aromatic nitrogens is 2. The summed E-state index contributed by atoms with van der Waals surface area (Å²) in [4.78, 5) is 4.73. The molecule has 6 heteroatoms. The Morgan fingerprint density at radius 2 is 1.63 bits per heavy atom. The lowest BCUT2D eigenvalue weighted by Gasteiger charge is -2.33. The van der Waals surface area contributed by atoms with E-state index < -0.39 is 0 Å². The van der Waals surface area contributed by atoms with E-state index in [1.54, 1.807) is 0 Å². The molecule has 0 aliphatic carbocycles. The van der Waals surface area contributed by atoms with Gasteiger partial charge in [0.15, 0.2) is 0 Å². The maximum atomic E-state index is 10.7. The fourth-order valence-electron chi connectivity index (χ4n) is 4.56. The summed E-state index contributed by atoms with van der Waals surface area (Å²) in [6, 6.07) is 20.7. The largest absolute Gasteiger partial charge is 0.390 e. The quantitative estimate of drug-likeness (QED) is 0.708. The Morgan fingerprint density at radius 3 is 2.37 bits per heavy atom. The molecule has 2 fully saturated rings. The molecule has 6 nitrogen and oxygen atoms in total. The Kier molecular flexibility index (Phi) is 5.64. The van der Waals surface area contributed by atoms with Crippen molar-refractivity contribution in [3.8, 4) is 16.9 Å². The fraction of sp³-hybridized carbons (Fsp3) is 0.375. The van der Waals surface area contributed by atoms with E-state index in [4.69, 9.17) is 9.84 Å². The Morgan fingerprint density at radius 1 is 0.933 bits per heavy atom. The second-order valence-corrected chi connectivity index (χ2v) is 8.13. The molecule has 0 bridgehead atoms. The first-order valence-electron chi connectivity index (χ1n) is 10.7. The zero-order valence-corrected chi connectivity index (χ0v) is 17.1. The van der Waals surface area contributed by atoms with Gasteiger partial charge in [-0.1, -0.05) is 48.5 Å². The van der Waals surface area contributed by atoms with Crippen LogP contribution in [0, 0.1) is 0 Å². The van der Waals surface area contributed by atoms with E-state index in [0.29, 0.717) is 6.54 Å². The number of ether oxygens (including phenoxy) is 1. The number of hydrogen-bond acceptors (Lipinski definition) is 5. The number of aliphatic hydroxyl groups excluding tert-OH is 1. The Balaban J connectivity index is 1.40. The van der Waals surface area contributed by atoms with Crippen LogP contribution in [0.4, 0.5) is 0 Å². The molecule has 30 heavy (non-hydrogen) atoms. The summed E-state index contributed by atoms with van der Waals surface area (Å²) in [6.07, 6.45) is 1.80. The minimum absolute atomic E-state index is 0.179. The molecule has 3 aromatic rings. The van der Waals surface area contributed by atoms with Crippen LogP contribution in [0.15, 0.2) is 66.9 Å². The molecule has 0 radical (unpaired) electrons. The van der Waals surface area contributed by atoms with Gasteiger partial charge < -0.3 is 9.84 Å². The first kappa shape index (κ1) is 19.5. The number of likely N-dealkylation sites (tertiary alicyclic amines) is 1. The Labute approximate surface area is 177 Å². The highest BCUT2D eigenvalue weighted by molar-refractivity contribution is 5.63. The van der Waals surface area contributed by atoms with Crippen molar-refractivity contribution < 1.29 is 9.84 Å². The molecule has 3 heterocycles. The van der Waals surface area contributed by atoms with Crippen molar-refractivity contribution in [2.45, 2.75) is 18.7 Å². The molecule has 156 valence electrons. The van der Waals surface area contributed by atoms with Gasteiger partial charge in [0.05, 0.1) is 30.7 Å². The molecule has 2 aliphatic rings. The Bertz CT molecular complexity index is 954. The molecule has 5 rings (SSSR count). The molecule has 2 saturated heterocycles. The number of β-amino-alcohol motifs (C(OH)–C–C–N with tert-alkyl or cyclic N) is 1. The van der Waals surface area contributed by atoms with Crippen LogP contribution in [0.5, 0.6) is 0 Å². The standard InChI is InChI=1S/C24H28N4O2/c29-23-18-26(17-22(23)27-11-13-30-14-12-27)15-20-16-28(21-9-5-2-6-10-21)25-24(20)19-7-3-1-4-8-19/h1-10,16,22-23,29H,11-15,17-18H2/t22-,23-/m0/s1. The summed E-state index contributed by atoms with van der Waals surface area (Å²) in [5, 5.41) is 15.6. The molecule has 2 atom stereocenters. The lowest BCUT2D eigenvalue weighted by atomic mass is 10.1. The molecular weight excluding hydrogens is 376 g/mol. The third kappa shape index (κ3) is 4.04. The lowest BCUT2D eigenvalue weighted by molar-refractivity contribution is -0.00618. The number of nitrogens with zero attached hydrogens (tertiary/aromatic N) is 4. The molecule has 1 N–H and O–H groups in total. The highest BCUT2D eigenvalue weighted by Gasteiger charge is 2.36. The molecular formula is C24H28N4O2. The molecule has 0 saturated carbocycles. The number of para-hydroxylation sites is 1. The van der Waals surface area contributed by atoms with E-state index in [-0.39, 0.29) is 12.1 Å². The van der Waals surface area contributed by atoms with E-state index >= 15 is 0 Å². The van der Waals surface area contributed by atoms with Crippen LogP contribution >= 0.6 is 0 Å². The zero-order chi connectivity index (χ0) is 20.3. The first-order valence-corrected chi connectivity index (χ1v) is 10.7. The number of morpholine rings is 1. The van der Waals surface area contributed by atoms with Crippen LogP contribution in [0.2, 0.25) is 0 Å². The minimum Gasteiger partial charge on any atom is -0.390 e. The van der Waals surface area contributed by atoms with Crippen LogP contribution in [-0.2, 0) is 11.3 Å². The average molecular weight is 405 g/mol. The molecule has 0 spiro atoms. The second-order valence-electron chi connectivity index (χ2n) is 8.13. The summed E-state index contributed by atoms with van der Waals surface area (Å²) in [6.45, 7) is 5.64. The van der Waals surface area contributed by atoms with Crippen LogP contribution in [0.25, 0.3) is 16.9 Å². The van der Waals surface area contributed by atoms with Gasteiger partial charge in [-0.3, -0.25) is 9.80 Å². The van der Waals surface area contributed by atoms with E-state index in [1.807, 2.05) is 28.9 Å². The van der Waals surface area contributed by atoms with Crippen molar-refractivity contribution in [1.29, 1.82) is 0 Å². The van der Waals surface area contributed by atoms with Crippen molar-refractivity contribution >= 4 is 0 Å². The molecule has 2 aliphatic heterocycles. The third-order valence-corrected chi connectivity index (χ3v) is 6.10. The van der Waals surface area contributed by atoms with Crippen molar-refractivity contribution in [2.75, 3.05) is 39.4 Å². The van der Waals surface area contributed by atoms with Crippen LogP contribution in [0.1, 0.15) is 5.56 Å². The van der Waals surface area contributed by atoms with Gasteiger partial charge >= 0.3 is 0 Å². The van der Waals surface area contributed by atoms with Crippen LogP contribution in [-0.4, -0.2) is 76.2 Å². The topological polar surface area (TPSA) is 53.8 Å². The molecule has 0 amide bonds. The van der Waals surface area contributed by atoms with Crippen molar-refractivity contribution in [3.05, 3.63) is 72.4 Å². The van der Waals surface area contributed by atoms with Gasteiger partial charge in [-0.25, -0.2) is 4.68 Å². The number of rotatable bonds is 5. The van der Waals surface area contributed by atoms with Crippen molar-refractivity contribution in [2.24, 2.45) is 0 Å². The summed E-state index contributed by atoms with van der Waals surface area (Å²) in [5.41, 5.74) is 4.35. The zero-order valence-electron chi connectivity index (χ0n) is 17.1. The highest BCUT2D eigenvalue weighted by atomic mass is 16.5. The minimum atomic E-state index is -0.326. The van der Waals surface area contributed by atoms with Crippen LogP contribution < -0.4 is 0 Å². The number of benzene rings is 2. The summed E-state index contributed by atoms with van der Waals surface area (Å²) < 4.78 is 7.44. The summed E-state index contributed by atoms with van der Waals surface area (Å²) in [5.74, 6) is 0. The van der Waals surface area contributed by atoms with E-state index in [0.717, 1.165) is 56.3 Å². The normalized spacial score (nSPS) is 23.1. The third-order valence-electron chi connectivity index (χ3n) is 6.10. The van der Waals surface area contributed by atoms with Gasteiger partial charge in [-0.05, 0) is 12.1 Å². The van der Waals surface area contributed by atoms with Crippen molar-refractivity contribution in [3.63, 3.8) is 0 Å². The van der Waals surface area contributed by atoms with Gasteiger partial charge in [0.1, 0.15) is 0 Å². The van der Waals surface area contributed by atoms with Crippen molar-refractivity contribution in [1.82, 2.24) is 19.6 Å². The number of aliphatic hydroxyl groups is 1. The lowest BCUT2D eigenvalue weighted by Crippen LogP contribution is -2.48. The second kappa shape index (κ2) is 8.70. The predicted molar refractivity (Wildman–Crippen MR) is 116 cm³/mol. The van der Waals surface area contributed by atoms with Gasteiger partial charge in [-0.15, -0.1) is 0 Å². The predicted octanol–water partition coefficient (Wildman–Crippen LogP) is 2.42. The monoisotopic (exact) mass is 404 g/mol. The van der Waals surface area contributed by atoms with Gasteiger partial charge in [0, 0.05) is 56.1 Å². The van der Waals surface area contributed by atoms with Gasteiger partial charge in [0.25, 0.3) is 0 Å². The summed E-state index contributed by atoms with van der Waals surface area (Å²) >= 11 is 0. The smallest absolute Gasteiger partial charge is 0.0972 e. The van der Waals surface area contributed by atoms with Crippen LogP contribution in [0.3, 0.4) is 0 Å². The van der Waals surface area contributed by atoms with E-state index in [2.05, 4.69) is 52.4 Å². The van der Waals surface area contributed by atoms with E-state index in [9.17, 15) is 5.11 Å². The number of hydrogen-bond donors (Lipinski definition) is 1. The SMILES string of the molecule is O[C@H]1CN(Cc2cn(-c3ccccc3)nc2-c2ccccc2)C[C@@H]1N1CCOCC1. The maximum Gasteiger partial charge on any atom is 0.0972 e.